The van der Waals surface area contributed by atoms with Gasteiger partial charge in [-0.1, -0.05) is 24.9 Å². The molecule has 116 valence electrons. The SMILES string of the molecule is CCCCSc1nc(=O)n(-c2ccc(Cl)cc2)c2c1CCC2. The highest BCUT2D eigenvalue weighted by Gasteiger charge is 2.22. The van der Waals surface area contributed by atoms with Gasteiger partial charge >= 0.3 is 5.69 Å². The van der Waals surface area contributed by atoms with Crippen LogP contribution >= 0.6 is 23.4 Å². The summed E-state index contributed by atoms with van der Waals surface area (Å²) in [6.45, 7) is 2.18. The zero-order chi connectivity index (χ0) is 15.5. The van der Waals surface area contributed by atoms with Gasteiger partial charge in [-0.25, -0.2) is 4.79 Å². The molecule has 0 aliphatic heterocycles. The van der Waals surface area contributed by atoms with Gasteiger partial charge in [-0.05, 0) is 55.7 Å². The fourth-order valence-corrected chi connectivity index (χ4v) is 4.10. The van der Waals surface area contributed by atoms with E-state index in [9.17, 15) is 4.79 Å². The first-order valence-electron chi connectivity index (χ1n) is 7.74. The Balaban J connectivity index is 2.04. The molecule has 1 aromatic heterocycles. The largest absolute Gasteiger partial charge is 0.353 e. The van der Waals surface area contributed by atoms with Crippen molar-refractivity contribution in [2.45, 2.75) is 44.1 Å². The Labute approximate surface area is 139 Å². The predicted octanol–water partition coefficient (Wildman–Crippen LogP) is 4.27. The summed E-state index contributed by atoms with van der Waals surface area (Å²) in [5, 5.41) is 1.62. The van der Waals surface area contributed by atoms with E-state index in [0.29, 0.717) is 5.02 Å². The third-order valence-corrected chi connectivity index (χ3v) is 5.28. The summed E-state index contributed by atoms with van der Waals surface area (Å²) < 4.78 is 1.75. The maximum absolute atomic E-state index is 12.5. The molecular weight excluding hydrogens is 316 g/mol. The van der Waals surface area contributed by atoms with Crippen LogP contribution in [0.25, 0.3) is 5.69 Å². The molecule has 0 saturated carbocycles. The highest BCUT2D eigenvalue weighted by Crippen LogP contribution is 2.31. The zero-order valence-corrected chi connectivity index (χ0v) is 14.2. The molecule has 22 heavy (non-hydrogen) atoms. The Morgan fingerprint density at radius 3 is 2.77 bits per heavy atom. The Morgan fingerprint density at radius 1 is 1.27 bits per heavy atom. The molecule has 5 heteroatoms. The molecule has 1 heterocycles. The number of aromatic nitrogens is 2. The molecule has 0 atom stereocenters. The second-order valence-corrected chi connectivity index (χ2v) is 7.01. The van der Waals surface area contributed by atoms with Gasteiger partial charge in [0.15, 0.2) is 0 Å². The fourth-order valence-electron chi connectivity index (χ4n) is 2.81. The van der Waals surface area contributed by atoms with E-state index in [1.54, 1.807) is 16.3 Å². The number of thioether (sulfide) groups is 1. The molecule has 1 aromatic carbocycles. The molecule has 1 aliphatic carbocycles. The molecule has 3 nitrogen and oxygen atoms in total. The van der Waals surface area contributed by atoms with Crippen LogP contribution < -0.4 is 5.69 Å². The molecule has 0 amide bonds. The van der Waals surface area contributed by atoms with Crippen molar-refractivity contribution in [3.63, 3.8) is 0 Å². The molecular formula is C17H19ClN2OS. The van der Waals surface area contributed by atoms with Gasteiger partial charge in [0.2, 0.25) is 0 Å². The summed E-state index contributed by atoms with van der Waals surface area (Å²) in [6.07, 6.45) is 5.37. The molecule has 0 unspecified atom stereocenters. The summed E-state index contributed by atoms with van der Waals surface area (Å²) in [5.41, 5.74) is 3.06. The minimum Gasteiger partial charge on any atom is -0.265 e. The molecule has 0 fully saturated rings. The van der Waals surface area contributed by atoms with Gasteiger partial charge in [0.1, 0.15) is 5.03 Å². The summed E-state index contributed by atoms with van der Waals surface area (Å²) in [6, 6.07) is 7.39. The average molecular weight is 335 g/mol. The summed E-state index contributed by atoms with van der Waals surface area (Å²) in [4.78, 5) is 16.9. The van der Waals surface area contributed by atoms with Gasteiger partial charge in [-0.2, -0.15) is 4.98 Å². The third kappa shape index (κ3) is 3.08. The lowest BCUT2D eigenvalue weighted by atomic mass is 10.2. The Morgan fingerprint density at radius 2 is 2.05 bits per heavy atom. The normalized spacial score (nSPS) is 13.4. The van der Waals surface area contributed by atoms with Crippen LogP contribution in [0.2, 0.25) is 5.02 Å². The van der Waals surface area contributed by atoms with Crippen molar-refractivity contribution in [2.24, 2.45) is 0 Å². The molecule has 0 saturated heterocycles. The van der Waals surface area contributed by atoms with Crippen LogP contribution in [0.15, 0.2) is 34.1 Å². The van der Waals surface area contributed by atoms with Gasteiger partial charge < -0.3 is 0 Å². The van der Waals surface area contributed by atoms with E-state index >= 15 is 0 Å². The number of nitrogens with zero attached hydrogens (tertiary/aromatic N) is 2. The standard InChI is InChI=1S/C17H19ClN2OS/c1-2-3-11-22-16-14-5-4-6-15(14)20(17(21)19-16)13-9-7-12(18)8-10-13/h7-10H,2-6,11H2,1H3. The Kier molecular flexibility index (Phi) is 4.89. The van der Waals surface area contributed by atoms with E-state index < -0.39 is 0 Å². The summed E-state index contributed by atoms with van der Waals surface area (Å²) in [7, 11) is 0. The first kappa shape index (κ1) is 15.6. The molecule has 0 spiro atoms. The van der Waals surface area contributed by atoms with E-state index in [4.69, 9.17) is 11.6 Å². The molecule has 0 bridgehead atoms. The zero-order valence-electron chi connectivity index (χ0n) is 12.6. The highest BCUT2D eigenvalue weighted by molar-refractivity contribution is 7.99. The van der Waals surface area contributed by atoms with Crippen molar-refractivity contribution in [3.8, 4) is 5.69 Å². The lowest BCUT2D eigenvalue weighted by Gasteiger charge is -2.14. The van der Waals surface area contributed by atoms with Crippen molar-refractivity contribution in [1.29, 1.82) is 0 Å². The third-order valence-electron chi connectivity index (χ3n) is 3.93. The average Bonchev–Trinajstić information content (AvgIpc) is 2.98. The van der Waals surface area contributed by atoms with Gasteiger partial charge in [0.05, 0.1) is 5.69 Å². The molecule has 2 aromatic rings. The van der Waals surface area contributed by atoms with Crippen LogP contribution in [0.4, 0.5) is 0 Å². The summed E-state index contributed by atoms with van der Waals surface area (Å²) in [5.74, 6) is 1.03. The van der Waals surface area contributed by atoms with E-state index in [1.165, 1.54) is 5.56 Å². The minimum absolute atomic E-state index is 0.179. The van der Waals surface area contributed by atoms with Crippen molar-refractivity contribution in [1.82, 2.24) is 9.55 Å². The van der Waals surface area contributed by atoms with E-state index in [2.05, 4.69) is 11.9 Å². The number of rotatable bonds is 5. The van der Waals surface area contributed by atoms with Crippen LogP contribution in [0, 0.1) is 0 Å². The molecule has 0 N–H and O–H groups in total. The minimum atomic E-state index is -0.179. The topological polar surface area (TPSA) is 34.9 Å². The monoisotopic (exact) mass is 334 g/mol. The van der Waals surface area contributed by atoms with Gasteiger partial charge in [-0.15, -0.1) is 11.8 Å². The maximum Gasteiger partial charge on any atom is 0.353 e. The van der Waals surface area contributed by atoms with Crippen LogP contribution in [0.1, 0.15) is 37.4 Å². The number of unbranched alkanes of at least 4 members (excludes halogenated alkanes) is 1. The lowest BCUT2D eigenvalue weighted by molar-refractivity contribution is 0.801. The number of halogens is 1. The first-order chi connectivity index (χ1) is 10.7. The number of benzene rings is 1. The van der Waals surface area contributed by atoms with Crippen molar-refractivity contribution in [2.75, 3.05) is 5.75 Å². The summed E-state index contributed by atoms with van der Waals surface area (Å²) >= 11 is 7.67. The second kappa shape index (κ2) is 6.88. The highest BCUT2D eigenvalue weighted by atomic mass is 35.5. The quantitative estimate of drug-likeness (QED) is 0.465. The van der Waals surface area contributed by atoms with Crippen LogP contribution in [-0.2, 0) is 12.8 Å². The van der Waals surface area contributed by atoms with E-state index in [0.717, 1.165) is 54.3 Å². The first-order valence-corrected chi connectivity index (χ1v) is 9.10. The van der Waals surface area contributed by atoms with Gasteiger partial charge in [0.25, 0.3) is 0 Å². The Bertz CT molecular complexity index is 725. The molecule has 3 rings (SSSR count). The maximum atomic E-state index is 12.5. The van der Waals surface area contributed by atoms with Crippen LogP contribution in [-0.4, -0.2) is 15.3 Å². The van der Waals surface area contributed by atoms with Crippen molar-refractivity contribution >= 4 is 23.4 Å². The number of fused-ring (bicyclic) bond motifs is 1. The molecule has 1 aliphatic rings. The van der Waals surface area contributed by atoms with Crippen LogP contribution in [0.5, 0.6) is 0 Å². The number of hydrogen-bond donors (Lipinski definition) is 0. The molecule has 0 radical (unpaired) electrons. The van der Waals surface area contributed by atoms with E-state index in [1.807, 2.05) is 24.3 Å². The Hall–Kier alpha value is -1.26. The van der Waals surface area contributed by atoms with Gasteiger partial charge in [-0.3, -0.25) is 4.57 Å². The second-order valence-electron chi connectivity index (χ2n) is 5.49. The van der Waals surface area contributed by atoms with Crippen LogP contribution in [0.3, 0.4) is 0 Å². The van der Waals surface area contributed by atoms with E-state index in [-0.39, 0.29) is 5.69 Å². The predicted molar refractivity (Wildman–Crippen MR) is 92.5 cm³/mol. The van der Waals surface area contributed by atoms with Crippen molar-refractivity contribution < 1.29 is 0 Å². The fraction of sp³-hybridized carbons (Fsp3) is 0.412. The lowest BCUT2D eigenvalue weighted by Crippen LogP contribution is -2.25. The van der Waals surface area contributed by atoms with Gasteiger partial charge in [0, 0.05) is 16.3 Å². The smallest absolute Gasteiger partial charge is 0.265 e. The van der Waals surface area contributed by atoms with Crippen molar-refractivity contribution in [3.05, 3.63) is 51.0 Å². The number of hydrogen-bond acceptors (Lipinski definition) is 3.